The number of aliphatic hydroxyl groups excluding tert-OH is 1. The fourth-order valence-electron chi connectivity index (χ4n) is 1.37. The van der Waals surface area contributed by atoms with Crippen LogP contribution in [0.15, 0.2) is 35.7 Å². The summed E-state index contributed by atoms with van der Waals surface area (Å²) in [6.07, 6.45) is -0.371. The first-order valence-electron chi connectivity index (χ1n) is 4.85. The molecular weight excluding hydrogens is 220 g/mol. The van der Waals surface area contributed by atoms with Crippen LogP contribution >= 0.6 is 11.3 Å². The van der Waals surface area contributed by atoms with E-state index in [2.05, 4.69) is 4.98 Å². The van der Waals surface area contributed by atoms with Crippen molar-refractivity contribution < 1.29 is 5.11 Å². The van der Waals surface area contributed by atoms with Crippen molar-refractivity contribution in [3.8, 4) is 6.07 Å². The quantitative estimate of drug-likeness (QED) is 0.823. The molecule has 0 saturated heterocycles. The van der Waals surface area contributed by atoms with E-state index >= 15 is 0 Å². The van der Waals surface area contributed by atoms with Gasteiger partial charge in [-0.2, -0.15) is 5.26 Å². The van der Waals surface area contributed by atoms with Gasteiger partial charge in [0.25, 0.3) is 0 Å². The minimum absolute atomic E-state index is 0.443. The monoisotopic (exact) mass is 230 g/mol. The van der Waals surface area contributed by atoms with E-state index in [0.717, 1.165) is 11.4 Å². The van der Waals surface area contributed by atoms with Gasteiger partial charge in [-0.25, -0.2) is 4.98 Å². The molecule has 2 aromatic rings. The van der Waals surface area contributed by atoms with Gasteiger partial charge in [0.2, 0.25) is 0 Å². The lowest BCUT2D eigenvalue weighted by Gasteiger charge is -1.97. The van der Waals surface area contributed by atoms with Crippen molar-refractivity contribution in [1.29, 1.82) is 5.26 Å². The smallest absolute Gasteiger partial charge is 0.183 e. The van der Waals surface area contributed by atoms with Gasteiger partial charge in [-0.05, 0) is 5.56 Å². The van der Waals surface area contributed by atoms with Crippen LogP contribution < -0.4 is 0 Å². The number of aromatic nitrogens is 1. The Balaban J connectivity index is 2.12. The van der Waals surface area contributed by atoms with Gasteiger partial charge in [0.15, 0.2) is 6.10 Å². The Bertz CT molecular complexity index is 501. The van der Waals surface area contributed by atoms with E-state index in [0.29, 0.717) is 5.69 Å². The second kappa shape index (κ2) is 4.88. The maximum absolute atomic E-state index is 9.29. The lowest BCUT2D eigenvalue weighted by molar-refractivity contribution is 0.231. The molecule has 16 heavy (non-hydrogen) atoms. The number of aliphatic hydroxyl groups is 1. The van der Waals surface area contributed by atoms with Crippen LogP contribution in [0.5, 0.6) is 0 Å². The number of rotatable bonds is 3. The van der Waals surface area contributed by atoms with Crippen molar-refractivity contribution in [2.45, 2.75) is 12.5 Å². The van der Waals surface area contributed by atoms with E-state index in [9.17, 15) is 5.11 Å². The predicted molar refractivity (Wildman–Crippen MR) is 61.9 cm³/mol. The van der Waals surface area contributed by atoms with Crippen molar-refractivity contribution in [2.24, 2.45) is 0 Å². The summed E-state index contributed by atoms with van der Waals surface area (Å²) in [6.45, 7) is 0. The molecular formula is C12H10N2OS. The predicted octanol–water partition coefficient (Wildman–Crippen LogP) is 2.29. The summed E-state index contributed by atoms with van der Waals surface area (Å²) in [5.41, 5.74) is 1.62. The third-order valence-corrected chi connectivity index (χ3v) is 3.04. The number of hydrogen-bond donors (Lipinski definition) is 1. The van der Waals surface area contributed by atoms with Crippen molar-refractivity contribution >= 4 is 11.3 Å². The zero-order valence-corrected chi connectivity index (χ0v) is 9.31. The fraction of sp³-hybridized carbons (Fsp3) is 0.167. The Morgan fingerprint density at radius 1 is 1.38 bits per heavy atom. The first-order valence-corrected chi connectivity index (χ1v) is 5.73. The number of nitrogens with zero attached hydrogens (tertiary/aromatic N) is 2. The van der Waals surface area contributed by atoms with E-state index in [-0.39, 0.29) is 0 Å². The maximum Gasteiger partial charge on any atom is 0.183 e. The molecule has 0 aliphatic carbocycles. The zero-order valence-electron chi connectivity index (χ0n) is 8.50. The largest absolute Gasteiger partial charge is 0.373 e. The van der Waals surface area contributed by atoms with Gasteiger partial charge in [-0.1, -0.05) is 30.3 Å². The Hall–Kier alpha value is -1.70. The second-order valence-corrected chi connectivity index (χ2v) is 4.30. The molecule has 1 N–H and O–H groups in total. The number of benzene rings is 1. The minimum atomic E-state index is -1.11. The summed E-state index contributed by atoms with van der Waals surface area (Å²) >= 11 is 1.47. The molecule has 0 fully saturated rings. The standard InChI is InChI=1S/C12H10N2OS/c13-7-11(15)10-8-16-12(14-10)6-9-4-2-1-3-5-9/h1-5,8,11,15H,6H2/t11-/m0/s1. The normalized spacial score (nSPS) is 12.0. The Morgan fingerprint density at radius 2 is 2.12 bits per heavy atom. The summed E-state index contributed by atoms with van der Waals surface area (Å²) in [5, 5.41) is 20.5. The molecule has 1 aromatic carbocycles. The SMILES string of the molecule is N#C[C@H](O)c1csc(Cc2ccccc2)n1. The minimum Gasteiger partial charge on any atom is -0.373 e. The average Bonchev–Trinajstić information content (AvgIpc) is 2.78. The van der Waals surface area contributed by atoms with Crippen molar-refractivity contribution in [3.05, 3.63) is 52.0 Å². The van der Waals surface area contributed by atoms with Crippen LogP contribution in [0, 0.1) is 11.3 Å². The molecule has 3 nitrogen and oxygen atoms in total. The summed E-state index contributed by atoms with van der Waals surface area (Å²) in [7, 11) is 0. The summed E-state index contributed by atoms with van der Waals surface area (Å²) in [5.74, 6) is 0. The highest BCUT2D eigenvalue weighted by Gasteiger charge is 2.10. The van der Waals surface area contributed by atoms with Gasteiger partial charge in [-0.3, -0.25) is 0 Å². The van der Waals surface area contributed by atoms with Crippen LogP contribution in [-0.4, -0.2) is 10.1 Å². The Morgan fingerprint density at radius 3 is 2.81 bits per heavy atom. The van der Waals surface area contributed by atoms with Gasteiger partial charge in [0, 0.05) is 11.8 Å². The van der Waals surface area contributed by atoms with Gasteiger partial charge < -0.3 is 5.11 Å². The molecule has 1 atom stereocenters. The van der Waals surface area contributed by atoms with E-state index in [1.165, 1.54) is 16.9 Å². The van der Waals surface area contributed by atoms with Gasteiger partial charge in [0.05, 0.1) is 10.7 Å². The Kier molecular flexibility index (Phi) is 3.30. The third kappa shape index (κ3) is 2.45. The fourth-order valence-corrected chi connectivity index (χ4v) is 2.21. The molecule has 0 unspecified atom stereocenters. The van der Waals surface area contributed by atoms with Crippen molar-refractivity contribution in [1.82, 2.24) is 4.98 Å². The zero-order chi connectivity index (χ0) is 11.4. The van der Waals surface area contributed by atoms with Crippen LogP contribution in [0.25, 0.3) is 0 Å². The molecule has 0 amide bonds. The number of nitriles is 1. The van der Waals surface area contributed by atoms with E-state index in [1.807, 2.05) is 30.3 Å². The molecule has 80 valence electrons. The summed E-state index contributed by atoms with van der Waals surface area (Å²) in [6, 6.07) is 11.7. The molecule has 4 heteroatoms. The van der Waals surface area contributed by atoms with Crippen LogP contribution in [0.1, 0.15) is 22.4 Å². The topological polar surface area (TPSA) is 56.9 Å². The molecule has 1 heterocycles. The van der Waals surface area contributed by atoms with Gasteiger partial charge in [0.1, 0.15) is 6.07 Å². The molecule has 0 aliphatic rings. The maximum atomic E-state index is 9.29. The van der Waals surface area contributed by atoms with E-state index in [1.54, 1.807) is 11.4 Å². The highest BCUT2D eigenvalue weighted by Crippen LogP contribution is 2.18. The lowest BCUT2D eigenvalue weighted by atomic mass is 10.2. The molecule has 0 spiro atoms. The van der Waals surface area contributed by atoms with Crippen LogP contribution in [-0.2, 0) is 6.42 Å². The molecule has 2 rings (SSSR count). The summed E-state index contributed by atoms with van der Waals surface area (Å²) in [4.78, 5) is 4.22. The molecule has 0 aliphatic heterocycles. The van der Waals surface area contributed by atoms with E-state index < -0.39 is 6.10 Å². The molecule has 0 radical (unpaired) electrons. The highest BCUT2D eigenvalue weighted by atomic mass is 32.1. The molecule has 0 bridgehead atoms. The molecule has 1 aromatic heterocycles. The average molecular weight is 230 g/mol. The second-order valence-electron chi connectivity index (χ2n) is 3.36. The number of hydrogen-bond acceptors (Lipinski definition) is 4. The van der Waals surface area contributed by atoms with Crippen LogP contribution in [0.3, 0.4) is 0 Å². The lowest BCUT2D eigenvalue weighted by Crippen LogP contribution is -1.94. The highest BCUT2D eigenvalue weighted by molar-refractivity contribution is 7.09. The van der Waals surface area contributed by atoms with Crippen molar-refractivity contribution in [3.63, 3.8) is 0 Å². The summed E-state index contributed by atoms with van der Waals surface area (Å²) < 4.78 is 0. The first kappa shape index (κ1) is 10.8. The third-order valence-electron chi connectivity index (χ3n) is 2.17. The van der Waals surface area contributed by atoms with Crippen LogP contribution in [0.2, 0.25) is 0 Å². The van der Waals surface area contributed by atoms with Gasteiger partial charge >= 0.3 is 0 Å². The molecule has 0 saturated carbocycles. The first-order chi connectivity index (χ1) is 7.79. The Labute approximate surface area is 97.6 Å². The van der Waals surface area contributed by atoms with Crippen LogP contribution in [0.4, 0.5) is 0 Å². The van der Waals surface area contributed by atoms with E-state index in [4.69, 9.17) is 5.26 Å². The number of thiazole rings is 1. The van der Waals surface area contributed by atoms with Gasteiger partial charge in [-0.15, -0.1) is 11.3 Å². The van der Waals surface area contributed by atoms with Crippen molar-refractivity contribution in [2.75, 3.05) is 0 Å².